The van der Waals surface area contributed by atoms with Crippen molar-refractivity contribution in [3.8, 4) is 0 Å². The molecule has 0 aromatic carbocycles. The molecule has 1 aliphatic rings. The van der Waals surface area contributed by atoms with Gasteiger partial charge in [-0.05, 0) is 12.8 Å². The Morgan fingerprint density at radius 2 is 0.839 bits per heavy atom. The van der Waals surface area contributed by atoms with Crippen molar-refractivity contribution in [1.29, 1.82) is 0 Å². The van der Waals surface area contributed by atoms with Gasteiger partial charge in [0.2, 0.25) is 0 Å². The van der Waals surface area contributed by atoms with Crippen LogP contribution in [0.5, 0.6) is 0 Å². The molecule has 1 fully saturated rings. The quantitative estimate of drug-likeness (QED) is 0.0348. The van der Waals surface area contributed by atoms with Crippen molar-refractivity contribution < 1.29 is 49.0 Å². The minimum Gasteiger partial charge on any atom is -0.462 e. The van der Waals surface area contributed by atoms with Crippen LogP contribution in [-0.2, 0) is 28.5 Å². The van der Waals surface area contributed by atoms with E-state index in [-0.39, 0.29) is 32.0 Å². The molecule has 0 radical (unpaired) electrons. The molecule has 1 saturated heterocycles. The highest BCUT2D eigenvalue weighted by atomic mass is 16.7. The number of carbonyl (C=O) groups excluding carboxylic acids is 2. The Kier molecular flexibility index (Phi) is 35.7. The largest absolute Gasteiger partial charge is 0.462 e. The monoisotopic (exact) mass is 801 g/mol. The van der Waals surface area contributed by atoms with Crippen LogP contribution < -0.4 is 0 Å². The highest BCUT2D eigenvalue weighted by molar-refractivity contribution is 5.70. The summed E-state index contributed by atoms with van der Waals surface area (Å²) in [4.78, 5) is 25.3. The summed E-state index contributed by atoms with van der Waals surface area (Å²) in [7, 11) is 0. The average Bonchev–Trinajstić information content (AvgIpc) is 3.19. The highest BCUT2D eigenvalue weighted by Gasteiger charge is 2.44. The standard InChI is InChI=1S/C46H88O10/c1-3-5-7-9-11-13-15-17-18-19-20-21-23-25-27-29-31-33-35-42(49)55-39(38-54-46-45(52)44(51)43(50)40(36-47)56-46)37-53-41(48)34-32-30-28-26-24-22-16-14-12-10-8-6-4-2/h39-40,43-47,50-52H,3-38H2,1-2H3/t39-,40-,43+,44?,45?,46-/m1/s1. The van der Waals surface area contributed by atoms with E-state index in [0.29, 0.717) is 6.42 Å². The molecule has 10 nitrogen and oxygen atoms in total. The van der Waals surface area contributed by atoms with Crippen LogP contribution >= 0.6 is 0 Å². The average molecular weight is 801 g/mol. The van der Waals surface area contributed by atoms with Crippen molar-refractivity contribution in [2.45, 2.75) is 263 Å². The maximum atomic E-state index is 12.8. The zero-order valence-electron chi connectivity index (χ0n) is 36.2. The number of hydrogen-bond acceptors (Lipinski definition) is 10. The van der Waals surface area contributed by atoms with Gasteiger partial charge in [-0.3, -0.25) is 9.59 Å². The maximum absolute atomic E-state index is 12.8. The number of esters is 2. The summed E-state index contributed by atoms with van der Waals surface area (Å²) in [6, 6.07) is 0. The Bertz CT molecular complexity index is 886. The molecule has 0 saturated carbocycles. The van der Waals surface area contributed by atoms with Gasteiger partial charge >= 0.3 is 11.9 Å². The summed E-state index contributed by atoms with van der Waals surface area (Å²) in [6.07, 6.45) is 31.1. The molecule has 56 heavy (non-hydrogen) atoms. The van der Waals surface area contributed by atoms with E-state index in [1.807, 2.05) is 0 Å². The minimum absolute atomic E-state index is 0.209. The van der Waals surface area contributed by atoms with Crippen LogP contribution in [0.25, 0.3) is 0 Å². The molecule has 2 unspecified atom stereocenters. The Morgan fingerprint density at radius 1 is 0.482 bits per heavy atom. The predicted molar refractivity (Wildman–Crippen MR) is 224 cm³/mol. The Balaban J connectivity index is 2.28. The second kappa shape index (κ2) is 37.9. The van der Waals surface area contributed by atoms with Gasteiger partial charge < -0.3 is 39.4 Å². The highest BCUT2D eigenvalue weighted by Crippen LogP contribution is 2.23. The van der Waals surface area contributed by atoms with E-state index in [9.17, 15) is 30.0 Å². The molecule has 0 aromatic rings. The smallest absolute Gasteiger partial charge is 0.306 e. The Labute approximate surface area is 342 Å². The van der Waals surface area contributed by atoms with Gasteiger partial charge in [0.05, 0.1) is 13.2 Å². The molecular weight excluding hydrogens is 712 g/mol. The third-order valence-electron chi connectivity index (χ3n) is 11.2. The number of hydrogen-bond donors (Lipinski definition) is 4. The number of ether oxygens (including phenoxy) is 4. The summed E-state index contributed by atoms with van der Waals surface area (Å²) in [5, 5.41) is 40.1. The summed E-state index contributed by atoms with van der Waals surface area (Å²) in [5.74, 6) is -0.790. The van der Waals surface area contributed by atoms with E-state index in [1.165, 1.54) is 154 Å². The first-order valence-electron chi connectivity index (χ1n) is 23.6. The van der Waals surface area contributed by atoms with Crippen LogP contribution in [0.3, 0.4) is 0 Å². The van der Waals surface area contributed by atoms with Gasteiger partial charge in [-0.15, -0.1) is 0 Å². The fourth-order valence-corrected chi connectivity index (χ4v) is 7.48. The lowest BCUT2D eigenvalue weighted by Gasteiger charge is -2.39. The predicted octanol–water partition coefficient (Wildman–Crippen LogP) is 10.2. The van der Waals surface area contributed by atoms with Gasteiger partial charge in [-0.2, -0.15) is 0 Å². The fraction of sp³-hybridized carbons (Fsp3) is 0.957. The lowest BCUT2D eigenvalue weighted by atomic mass is 9.99. The third-order valence-corrected chi connectivity index (χ3v) is 11.2. The SMILES string of the molecule is CCCCCCCCCCCCCCCCCCCCC(=O)O[C@H](COC(=O)CCCCCCCCCCCCCCC)CO[C@@H]1O[C@H](CO)[C@H](O)C(O)C1O. The third kappa shape index (κ3) is 29.0. The number of rotatable bonds is 40. The van der Waals surface area contributed by atoms with Gasteiger partial charge in [-0.1, -0.05) is 200 Å². The molecule has 1 heterocycles. The molecule has 0 aliphatic carbocycles. The minimum atomic E-state index is -1.59. The zero-order chi connectivity index (χ0) is 40.9. The number of aliphatic hydroxyl groups excluding tert-OH is 4. The molecule has 4 N–H and O–H groups in total. The van der Waals surface area contributed by atoms with Gasteiger partial charge in [0, 0.05) is 12.8 Å². The van der Waals surface area contributed by atoms with Crippen molar-refractivity contribution in [1.82, 2.24) is 0 Å². The summed E-state index contributed by atoms with van der Waals surface area (Å²) >= 11 is 0. The van der Waals surface area contributed by atoms with Crippen molar-refractivity contribution in [2.24, 2.45) is 0 Å². The summed E-state index contributed by atoms with van der Waals surface area (Å²) in [6.45, 7) is 3.46. The topological polar surface area (TPSA) is 152 Å². The normalized spacial score (nSPS) is 20.3. The van der Waals surface area contributed by atoms with E-state index >= 15 is 0 Å². The van der Waals surface area contributed by atoms with Crippen LogP contribution in [0.15, 0.2) is 0 Å². The molecule has 0 amide bonds. The van der Waals surface area contributed by atoms with Crippen molar-refractivity contribution >= 4 is 11.9 Å². The van der Waals surface area contributed by atoms with Crippen molar-refractivity contribution in [2.75, 3.05) is 19.8 Å². The van der Waals surface area contributed by atoms with E-state index in [4.69, 9.17) is 18.9 Å². The van der Waals surface area contributed by atoms with Crippen LogP contribution in [-0.4, -0.2) is 89.0 Å². The first-order valence-corrected chi connectivity index (χ1v) is 23.6. The first kappa shape index (κ1) is 52.7. The summed E-state index contributed by atoms with van der Waals surface area (Å²) in [5.41, 5.74) is 0. The van der Waals surface area contributed by atoms with Gasteiger partial charge in [0.25, 0.3) is 0 Å². The number of carbonyl (C=O) groups is 2. The molecule has 0 spiro atoms. The van der Waals surface area contributed by atoms with E-state index in [0.717, 1.165) is 38.5 Å². The molecular formula is C46H88O10. The van der Waals surface area contributed by atoms with Gasteiger partial charge in [0.15, 0.2) is 12.4 Å². The number of unbranched alkanes of at least 4 members (excludes halogenated alkanes) is 29. The van der Waals surface area contributed by atoms with Crippen molar-refractivity contribution in [3.05, 3.63) is 0 Å². The van der Waals surface area contributed by atoms with Crippen LogP contribution in [0, 0.1) is 0 Å². The lowest BCUT2D eigenvalue weighted by molar-refractivity contribution is -0.305. The zero-order valence-corrected chi connectivity index (χ0v) is 36.2. The van der Waals surface area contributed by atoms with Crippen LogP contribution in [0.2, 0.25) is 0 Å². The first-order chi connectivity index (χ1) is 27.3. The second-order valence-corrected chi connectivity index (χ2v) is 16.6. The second-order valence-electron chi connectivity index (χ2n) is 16.6. The molecule has 1 rings (SSSR count). The maximum Gasteiger partial charge on any atom is 0.306 e. The van der Waals surface area contributed by atoms with Crippen molar-refractivity contribution in [3.63, 3.8) is 0 Å². The van der Waals surface area contributed by atoms with Crippen LogP contribution in [0.1, 0.15) is 226 Å². The van der Waals surface area contributed by atoms with Gasteiger partial charge in [0.1, 0.15) is 31.0 Å². The number of aliphatic hydroxyl groups is 4. The van der Waals surface area contributed by atoms with Crippen LogP contribution in [0.4, 0.5) is 0 Å². The Morgan fingerprint density at radius 3 is 1.21 bits per heavy atom. The van der Waals surface area contributed by atoms with E-state index in [1.54, 1.807) is 0 Å². The van der Waals surface area contributed by atoms with Gasteiger partial charge in [-0.25, -0.2) is 0 Å². The lowest BCUT2D eigenvalue weighted by Crippen LogP contribution is -2.59. The fourth-order valence-electron chi connectivity index (χ4n) is 7.48. The van der Waals surface area contributed by atoms with E-state index < -0.39 is 49.4 Å². The van der Waals surface area contributed by atoms with E-state index in [2.05, 4.69) is 13.8 Å². The molecule has 6 atom stereocenters. The molecule has 10 heteroatoms. The molecule has 332 valence electrons. The molecule has 1 aliphatic heterocycles. The molecule has 0 aromatic heterocycles. The summed E-state index contributed by atoms with van der Waals surface area (Å²) < 4.78 is 22.2. The molecule has 0 bridgehead atoms. The Hall–Kier alpha value is -1.30.